The molecule has 3 aliphatic rings. The number of nitrogens with zero attached hydrogens (tertiary/aromatic N) is 1. The second-order valence-corrected chi connectivity index (χ2v) is 6.36. The highest BCUT2D eigenvalue weighted by Gasteiger charge is 2.53. The van der Waals surface area contributed by atoms with Crippen molar-refractivity contribution in [2.75, 3.05) is 7.05 Å². The molecule has 1 saturated carbocycles. The van der Waals surface area contributed by atoms with Crippen LogP contribution in [0, 0.1) is 23.2 Å². The van der Waals surface area contributed by atoms with Crippen LogP contribution in [0.1, 0.15) is 33.1 Å². The Morgan fingerprint density at radius 3 is 2.89 bits per heavy atom. The van der Waals surface area contributed by atoms with Gasteiger partial charge in [-0.2, -0.15) is 0 Å². The summed E-state index contributed by atoms with van der Waals surface area (Å²) in [6, 6.07) is 0. The second-order valence-electron chi connectivity index (χ2n) is 6.36. The third-order valence-corrected chi connectivity index (χ3v) is 5.09. The lowest BCUT2D eigenvalue weighted by Gasteiger charge is -2.46. The van der Waals surface area contributed by atoms with Gasteiger partial charge in [0, 0.05) is 18.7 Å². The fourth-order valence-electron chi connectivity index (χ4n) is 4.16. The van der Waals surface area contributed by atoms with E-state index in [1.807, 2.05) is 7.05 Å². The van der Waals surface area contributed by atoms with E-state index >= 15 is 0 Å². The van der Waals surface area contributed by atoms with Crippen LogP contribution in [0.3, 0.4) is 0 Å². The number of allylic oxidation sites excluding steroid dienone is 6. The van der Waals surface area contributed by atoms with Crippen molar-refractivity contribution in [2.24, 2.45) is 28.2 Å². The number of rotatable bonds is 2. The highest BCUT2D eigenvalue weighted by molar-refractivity contribution is 5.72. The molecular weight excluding hydrogens is 218 g/mol. The molecule has 4 atom stereocenters. The maximum Gasteiger partial charge on any atom is 0.0273 e. The Hall–Kier alpha value is -1.11. The zero-order chi connectivity index (χ0) is 12.8. The van der Waals surface area contributed by atoms with E-state index in [4.69, 9.17) is 0 Å². The molecule has 3 rings (SSSR count). The van der Waals surface area contributed by atoms with Gasteiger partial charge in [-0.3, -0.25) is 4.99 Å². The van der Waals surface area contributed by atoms with Crippen LogP contribution in [-0.4, -0.2) is 13.3 Å². The van der Waals surface area contributed by atoms with Gasteiger partial charge >= 0.3 is 0 Å². The highest BCUT2D eigenvalue weighted by atomic mass is 14.7. The number of hydrogen-bond donors (Lipinski definition) is 0. The first-order valence-corrected chi connectivity index (χ1v) is 7.18. The van der Waals surface area contributed by atoms with E-state index in [1.165, 1.54) is 19.3 Å². The normalized spacial score (nSPS) is 42.5. The van der Waals surface area contributed by atoms with Crippen molar-refractivity contribution >= 4 is 6.21 Å². The molecule has 0 bridgehead atoms. The standard InChI is InChI=1S/C17H23N/c1-12-9-15-16(12)14(10-17(15,2)11-18-3)13-7-5-4-6-8-13/h4-5,7,10-12,15-16H,6,8-9H2,1-3H3. The molecule has 96 valence electrons. The Morgan fingerprint density at radius 2 is 2.28 bits per heavy atom. The average Bonchev–Trinajstić information content (AvgIpc) is 2.59. The molecule has 1 heteroatoms. The summed E-state index contributed by atoms with van der Waals surface area (Å²) in [6.45, 7) is 4.76. The van der Waals surface area contributed by atoms with Gasteiger partial charge in [-0.05, 0) is 48.2 Å². The van der Waals surface area contributed by atoms with Gasteiger partial charge in [-0.15, -0.1) is 0 Å². The molecule has 0 radical (unpaired) electrons. The summed E-state index contributed by atoms with van der Waals surface area (Å²) in [7, 11) is 1.90. The summed E-state index contributed by atoms with van der Waals surface area (Å²) < 4.78 is 0. The molecule has 0 aromatic heterocycles. The van der Waals surface area contributed by atoms with Gasteiger partial charge in [0.1, 0.15) is 0 Å². The first-order chi connectivity index (χ1) is 8.65. The smallest absolute Gasteiger partial charge is 0.0273 e. The lowest BCUT2D eigenvalue weighted by molar-refractivity contribution is 0.0874. The quantitative estimate of drug-likeness (QED) is 0.643. The van der Waals surface area contributed by atoms with E-state index in [-0.39, 0.29) is 5.41 Å². The van der Waals surface area contributed by atoms with Crippen LogP contribution in [0.5, 0.6) is 0 Å². The number of hydrogen-bond acceptors (Lipinski definition) is 1. The van der Waals surface area contributed by atoms with E-state index in [0.29, 0.717) is 0 Å². The van der Waals surface area contributed by atoms with Gasteiger partial charge in [-0.25, -0.2) is 0 Å². The van der Waals surface area contributed by atoms with Crippen LogP contribution in [0.15, 0.2) is 40.4 Å². The number of fused-ring (bicyclic) bond motifs is 1. The van der Waals surface area contributed by atoms with Crippen molar-refractivity contribution < 1.29 is 0 Å². The van der Waals surface area contributed by atoms with Crippen LogP contribution in [0.2, 0.25) is 0 Å². The van der Waals surface area contributed by atoms with Crippen molar-refractivity contribution in [1.82, 2.24) is 0 Å². The van der Waals surface area contributed by atoms with E-state index in [1.54, 1.807) is 11.1 Å². The molecule has 0 aliphatic heterocycles. The van der Waals surface area contributed by atoms with Crippen molar-refractivity contribution in [1.29, 1.82) is 0 Å². The predicted octanol–water partition coefficient (Wildman–Crippen LogP) is 4.18. The number of aliphatic imine (C=N–C) groups is 1. The van der Waals surface area contributed by atoms with Gasteiger partial charge < -0.3 is 0 Å². The Balaban J connectivity index is 1.97. The molecule has 0 N–H and O–H groups in total. The van der Waals surface area contributed by atoms with Crippen LogP contribution in [0.25, 0.3) is 0 Å². The van der Waals surface area contributed by atoms with E-state index in [0.717, 1.165) is 17.8 Å². The van der Waals surface area contributed by atoms with Gasteiger partial charge in [0.05, 0.1) is 0 Å². The lowest BCUT2D eigenvalue weighted by atomic mass is 9.58. The molecule has 4 unspecified atom stereocenters. The minimum absolute atomic E-state index is 0.198. The maximum atomic E-state index is 4.31. The largest absolute Gasteiger partial charge is 0.300 e. The molecule has 0 spiro atoms. The molecule has 0 amide bonds. The van der Waals surface area contributed by atoms with E-state index in [2.05, 4.69) is 49.4 Å². The topological polar surface area (TPSA) is 12.4 Å². The van der Waals surface area contributed by atoms with E-state index < -0.39 is 0 Å². The van der Waals surface area contributed by atoms with Crippen LogP contribution < -0.4 is 0 Å². The molecule has 0 saturated heterocycles. The molecule has 0 aromatic rings. The van der Waals surface area contributed by atoms with Gasteiger partial charge in [-0.1, -0.05) is 38.2 Å². The van der Waals surface area contributed by atoms with Crippen molar-refractivity contribution in [3.8, 4) is 0 Å². The van der Waals surface area contributed by atoms with Crippen LogP contribution >= 0.6 is 0 Å². The lowest BCUT2D eigenvalue weighted by Crippen LogP contribution is -2.41. The summed E-state index contributed by atoms with van der Waals surface area (Å²) in [6.07, 6.45) is 15.3. The minimum atomic E-state index is 0.198. The zero-order valence-electron chi connectivity index (χ0n) is 11.7. The zero-order valence-corrected chi connectivity index (χ0v) is 11.7. The summed E-state index contributed by atoms with van der Waals surface area (Å²) >= 11 is 0. The third kappa shape index (κ3) is 1.64. The van der Waals surface area contributed by atoms with Crippen molar-refractivity contribution in [2.45, 2.75) is 33.1 Å². The molecule has 1 fully saturated rings. The van der Waals surface area contributed by atoms with Gasteiger partial charge in [0.15, 0.2) is 0 Å². The van der Waals surface area contributed by atoms with Gasteiger partial charge in [0.2, 0.25) is 0 Å². The summed E-state index contributed by atoms with van der Waals surface area (Å²) in [5, 5.41) is 0. The first kappa shape index (κ1) is 12.0. The van der Waals surface area contributed by atoms with Gasteiger partial charge in [0.25, 0.3) is 0 Å². The SMILES string of the molecule is CN=CC1(C)C=C(C2=CC=CCC2)C2C(C)CC21. The molecule has 1 nitrogen and oxygen atoms in total. The Kier molecular flexibility index (Phi) is 2.80. The summed E-state index contributed by atoms with van der Waals surface area (Å²) in [5.41, 5.74) is 3.40. The van der Waals surface area contributed by atoms with Crippen LogP contribution in [0.4, 0.5) is 0 Å². The average molecular weight is 241 g/mol. The molecule has 0 aromatic carbocycles. The molecule has 18 heavy (non-hydrogen) atoms. The molecular formula is C17H23N. The molecule has 0 heterocycles. The third-order valence-electron chi connectivity index (χ3n) is 5.09. The predicted molar refractivity (Wildman–Crippen MR) is 77.8 cm³/mol. The summed E-state index contributed by atoms with van der Waals surface area (Å²) in [4.78, 5) is 4.31. The van der Waals surface area contributed by atoms with Crippen molar-refractivity contribution in [3.05, 3.63) is 35.5 Å². The van der Waals surface area contributed by atoms with Crippen LogP contribution in [-0.2, 0) is 0 Å². The minimum Gasteiger partial charge on any atom is -0.300 e. The Bertz CT molecular complexity index is 466. The molecule has 3 aliphatic carbocycles. The highest BCUT2D eigenvalue weighted by Crippen LogP contribution is 2.60. The van der Waals surface area contributed by atoms with Crippen molar-refractivity contribution in [3.63, 3.8) is 0 Å². The first-order valence-electron chi connectivity index (χ1n) is 7.18. The fourth-order valence-corrected chi connectivity index (χ4v) is 4.16. The Labute approximate surface area is 110 Å². The monoisotopic (exact) mass is 241 g/mol. The maximum absolute atomic E-state index is 4.31. The van der Waals surface area contributed by atoms with E-state index in [9.17, 15) is 0 Å². The summed E-state index contributed by atoms with van der Waals surface area (Å²) in [5.74, 6) is 2.42. The Morgan fingerprint density at radius 1 is 1.44 bits per heavy atom. The fraction of sp³-hybridized carbons (Fsp3) is 0.588. The second kappa shape index (κ2) is 4.22.